The van der Waals surface area contributed by atoms with Gasteiger partial charge in [-0.1, -0.05) is 25.1 Å². The summed E-state index contributed by atoms with van der Waals surface area (Å²) in [5.74, 6) is 0.860. The van der Waals surface area contributed by atoms with E-state index in [1.165, 1.54) is 24.3 Å². The Balaban J connectivity index is 2.03. The molecule has 22 heavy (non-hydrogen) atoms. The highest BCUT2D eigenvalue weighted by Gasteiger charge is 2.05. The third-order valence-electron chi connectivity index (χ3n) is 3.32. The van der Waals surface area contributed by atoms with E-state index in [2.05, 4.69) is 19.0 Å². The van der Waals surface area contributed by atoms with Gasteiger partial charge >= 0.3 is 0 Å². The number of ether oxygens (including phenoxy) is 1. The van der Waals surface area contributed by atoms with Crippen LogP contribution in [0.15, 0.2) is 53.6 Å². The Morgan fingerprint density at radius 3 is 2.36 bits per heavy atom. The van der Waals surface area contributed by atoms with Gasteiger partial charge in [0.2, 0.25) is 5.69 Å². The highest BCUT2D eigenvalue weighted by atomic mass is 19.1. The molecule has 0 aliphatic heterocycles. The van der Waals surface area contributed by atoms with Crippen LogP contribution in [0, 0.1) is 16.9 Å². The molecular weight excluding hydrogens is 283 g/mol. The first-order valence-electron chi connectivity index (χ1n) is 7.26. The van der Waals surface area contributed by atoms with Crippen LogP contribution < -0.4 is 4.74 Å². The zero-order chi connectivity index (χ0) is 15.9. The first-order valence-corrected chi connectivity index (χ1v) is 7.26. The monoisotopic (exact) mass is 302 g/mol. The van der Waals surface area contributed by atoms with Crippen molar-refractivity contribution in [3.63, 3.8) is 0 Å². The smallest absolute Gasteiger partial charge is 0.245 e. The Labute approximate surface area is 129 Å². The fourth-order valence-corrected chi connectivity index (χ4v) is 1.70. The molecule has 0 N–H and O–H groups in total. The summed E-state index contributed by atoms with van der Waals surface area (Å²) in [5, 5.41) is 15.8. The maximum absolute atomic E-state index is 12.8. The van der Waals surface area contributed by atoms with Crippen molar-refractivity contribution in [2.75, 3.05) is 6.61 Å². The maximum atomic E-state index is 12.8. The second-order valence-electron chi connectivity index (χ2n) is 5.17. The summed E-state index contributed by atoms with van der Waals surface area (Å²) in [5.41, 5.74) is 0.786. The molecule has 0 aromatic heterocycles. The van der Waals surface area contributed by atoms with Gasteiger partial charge in [0.15, 0.2) is 0 Å². The Kier molecular flexibility index (Phi) is 5.47. The topological polar surface area (TPSA) is 47.7 Å². The van der Waals surface area contributed by atoms with Crippen LogP contribution in [0.25, 0.3) is 0 Å². The number of benzene rings is 2. The van der Waals surface area contributed by atoms with Gasteiger partial charge in [-0.25, -0.2) is 4.39 Å². The maximum Gasteiger partial charge on any atom is 0.245 e. The second kappa shape index (κ2) is 7.54. The van der Waals surface area contributed by atoms with Gasteiger partial charge in [-0.05, 0) is 42.3 Å². The minimum absolute atomic E-state index is 0.276. The first-order chi connectivity index (χ1) is 10.6. The molecule has 0 spiro atoms. The minimum atomic E-state index is -0.389. The molecule has 0 bridgehead atoms. The molecule has 0 aliphatic rings. The fraction of sp³-hybridized carbons (Fsp3) is 0.294. The van der Waals surface area contributed by atoms with Gasteiger partial charge in [0.25, 0.3) is 0 Å². The van der Waals surface area contributed by atoms with Gasteiger partial charge in [-0.15, -0.1) is 0 Å². The molecule has 2 rings (SSSR count). The predicted octanol–water partition coefficient (Wildman–Crippen LogP) is 5.18. The van der Waals surface area contributed by atoms with Crippen molar-refractivity contribution in [2.45, 2.75) is 20.3 Å². The SMILES string of the molecule is CCC(C)COc1ccc(N=[N+]([O-])c2ccc(F)cc2)cc1. The van der Waals surface area contributed by atoms with Crippen LogP contribution in [-0.2, 0) is 0 Å². The lowest BCUT2D eigenvalue weighted by atomic mass is 10.1. The van der Waals surface area contributed by atoms with Gasteiger partial charge in [-0.3, -0.25) is 0 Å². The van der Waals surface area contributed by atoms with Crippen LogP contribution in [0.3, 0.4) is 0 Å². The summed E-state index contributed by atoms with van der Waals surface area (Å²) < 4.78 is 18.5. The van der Waals surface area contributed by atoms with E-state index in [0.29, 0.717) is 23.1 Å². The van der Waals surface area contributed by atoms with Crippen molar-refractivity contribution in [2.24, 2.45) is 11.0 Å². The molecule has 0 saturated carbocycles. The average Bonchev–Trinajstić information content (AvgIpc) is 2.54. The zero-order valence-electron chi connectivity index (χ0n) is 12.7. The van der Waals surface area contributed by atoms with E-state index >= 15 is 0 Å². The Morgan fingerprint density at radius 1 is 1.14 bits per heavy atom. The van der Waals surface area contributed by atoms with Crippen molar-refractivity contribution in [1.82, 2.24) is 0 Å². The molecule has 1 atom stereocenters. The molecule has 0 saturated heterocycles. The molecule has 2 aromatic carbocycles. The van der Waals surface area contributed by atoms with Crippen molar-refractivity contribution >= 4 is 11.4 Å². The van der Waals surface area contributed by atoms with Gasteiger partial charge < -0.3 is 9.94 Å². The van der Waals surface area contributed by atoms with E-state index in [1.807, 2.05) is 0 Å². The number of hydrogen-bond acceptors (Lipinski definition) is 3. The third-order valence-corrected chi connectivity index (χ3v) is 3.32. The highest BCUT2D eigenvalue weighted by Crippen LogP contribution is 2.21. The van der Waals surface area contributed by atoms with Crippen LogP contribution in [0.5, 0.6) is 5.75 Å². The highest BCUT2D eigenvalue weighted by molar-refractivity contribution is 5.40. The van der Waals surface area contributed by atoms with Gasteiger partial charge in [-0.2, -0.15) is 0 Å². The number of rotatable bonds is 6. The molecule has 0 amide bonds. The van der Waals surface area contributed by atoms with E-state index < -0.39 is 0 Å². The van der Waals surface area contributed by atoms with Crippen LogP contribution in [0.2, 0.25) is 0 Å². The fourth-order valence-electron chi connectivity index (χ4n) is 1.70. The average molecular weight is 302 g/mol. The summed E-state index contributed by atoms with van der Waals surface area (Å²) in [6, 6.07) is 12.2. The van der Waals surface area contributed by atoms with Crippen LogP contribution >= 0.6 is 0 Å². The van der Waals surface area contributed by atoms with E-state index in [4.69, 9.17) is 4.74 Å². The van der Waals surface area contributed by atoms with E-state index in [9.17, 15) is 9.60 Å². The molecule has 1 unspecified atom stereocenters. The molecule has 0 radical (unpaired) electrons. The van der Waals surface area contributed by atoms with Crippen LogP contribution in [-0.4, -0.2) is 11.5 Å². The molecule has 0 aliphatic carbocycles. The molecule has 2 aromatic rings. The molecule has 0 fully saturated rings. The largest absolute Gasteiger partial charge is 0.594 e. The Bertz CT molecular complexity index is 624. The summed E-state index contributed by atoms with van der Waals surface area (Å²) in [7, 11) is 0. The number of hydrogen-bond donors (Lipinski definition) is 0. The number of azo groups is 1. The molecular formula is C17H19FN2O2. The molecule has 116 valence electrons. The van der Waals surface area contributed by atoms with Crippen LogP contribution in [0.1, 0.15) is 20.3 Å². The normalized spacial score (nSPS) is 13.0. The first kappa shape index (κ1) is 15.9. The van der Waals surface area contributed by atoms with E-state index in [-0.39, 0.29) is 11.5 Å². The Hall–Kier alpha value is -2.43. The lowest BCUT2D eigenvalue weighted by molar-refractivity contribution is -0.435. The standard InChI is InChI=1S/C17H19FN2O2/c1-3-13(2)12-22-17-10-6-15(7-11-17)19-20(21)16-8-4-14(18)5-9-16/h4-11,13H,3,12H2,1-2H3. The van der Waals surface area contributed by atoms with Crippen molar-refractivity contribution in [3.8, 4) is 5.75 Å². The minimum Gasteiger partial charge on any atom is -0.594 e. The van der Waals surface area contributed by atoms with E-state index in [0.717, 1.165) is 12.2 Å². The van der Waals surface area contributed by atoms with Crippen molar-refractivity contribution in [3.05, 3.63) is 59.6 Å². The van der Waals surface area contributed by atoms with Gasteiger partial charge in [0, 0.05) is 17.2 Å². The van der Waals surface area contributed by atoms with Crippen molar-refractivity contribution < 1.29 is 14.0 Å². The zero-order valence-corrected chi connectivity index (χ0v) is 12.7. The third kappa shape index (κ3) is 4.55. The molecule has 0 heterocycles. The van der Waals surface area contributed by atoms with E-state index in [1.54, 1.807) is 24.3 Å². The molecule has 5 heteroatoms. The van der Waals surface area contributed by atoms with Crippen LogP contribution in [0.4, 0.5) is 15.8 Å². The van der Waals surface area contributed by atoms with Gasteiger partial charge in [0.05, 0.1) is 6.61 Å². The molecule has 4 nitrogen and oxygen atoms in total. The van der Waals surface area contributed by atoms with Crippen molar-refractivity contribution in [1.29, 1.82) is 0 Å². The van der Waals surface area contributed by atoms with Gasteiger partial charge in [0.1, 0.15) is 17.3 Å². The predicted molar refractivity (Wildman–Crippen MR) is 83.2 cm³/mol. The summed E-state index contributed by atoms with van der Waals surface area (Å²) >= 11 is 0. The summed E-state index contributed by atoms with van der Waals surface area (Å²) in [6.45, 7) is 4.91. The second-order valence-corrected chi connectivity index (χ2v) is 5.17. The number of halogens is 1. The lowest BCUT2D eigenvalue weighted by Gasteiger charge is -2.10. The quantitative estimate of drug-likeness (QED) is 0.419. The lowest BCUT2D eigenvalue weighted by Crippen LogP contribution is -2.06. The summed E-state index contributed by atoms with van der Waals surface area (Å²) in [6.07, 6.45) is 1.07. The summed E-state index contributed by atoms with van der Waals surface area (Å²) in [4.78, 5) is 0.467. The number of nitrogens with zero attached hydrogens (tertiary/aromatic N) is 2. The Morgan fingerprint density at radius 2 is 1.77 bits per heavy atom.